The van der Waals surface area contributed by atoms with E-state index in [9.17, 15) is 5.11 Å². The highest BCUT2D eigenvalue weighted by molar-refractivity contribution is 5.09. The second-order valence-electron chi connectivity index (χ2n) is 9.15. The molecular weight excluding hydrogens is 340 g/mol. The van der Waals surface area contributed by atoms with E-state index < -0.39 is 6.29 Å². The van der Waals surface area contributed by atoms with Crippen molar-refractivity contribution in [1.82, 2.24) is 0 Å². The van der Waals surface area contributed by atoms with Gasteiger partial charge in [0.1, 0.15) is 0 Å². The summed E-state index contributed by atoms with van der Waals surface area (Å²) in [5.41, 5.74) is -0.0900. The molecule has 3 fully saturated rings. The minimum absolute atomic E-state index is 0.0417. The van der Waals surface area contributed by atoms with Crippen LogP contribution in [0.25, 0.3) is 0 Å². The van der Waals surface area contributed by atoms with Crippen molar-refractivity contribution in [1.29, 1.82) is 0 Å². The Labute approximate surface area is 164 Å². The Hall–Kier alpha value is -0.860. The van der Waals surface area contributed by atoms with Crippen LogP contribution in [0.2, 0.25) is 0 Å². The van der Waals surface area contributed by atoms with Crippen molar-refractivity contribution >= 4 is 0 Å². The number of allylic oxidation sites excluding steroid dienone is 1. The van der Waals surface area contributed by atoms with Gasteiger partial charge in [-0.2, -0.15) is 0 Å². The van der Waals surface area contributed by atoms with Crippen LogP contribution in [0.15, 0.2) is 12.2 Å². The van der Waals surface area contributed by atoms with Crippen molar-refractivity contribution in [2.24, 2.45) is 23.2 Å². The minimum Gasteiger partial charge on any atom is -0.368 e. The van der Waals surface area contributed by atoms with Gasteiger partial charge in [-0.3, -0.25) is 0 Å². The van der Waals surface area contributed by atoms with Gasteiger partial charge in [-0.05, 0) is 50.4 Å². The summed E-state index contributed by atoms with van der Waals surface area (Å²) in [5, 5.41) is 9.86. The van der Waals surface area contributed by atoms with E-state index in [2.05, 4.69) is 44.8 Å². The fourth-order valence-corrected chi connectivity index (χ4v) is 4.77. The van der Waals surface area contributed by atoms with Crippen LogP contribution in [0.1, 0.15) is 66.2 Å². The Kier molecular flexibility index (Phi) is 7.03. The van der Waals surface area contributed by atoms with E-state index >= 15 is 0 Å². The Morgan fingerprint density at radius 3 is 2.81 bits per heavy atom. The molecule has 2 saturated heterocycles. The van der Waals surface area contributed by atoms with Crippen LogP contribution in [-0.4, -0.2) is 36.5 Å². The summed E-state index contributed by atoms with van der Waals surface area (Å²) < 4.78 is 17.9. The van der Waals surface area contributed by atoms with Crippen molar-refractivity contribution in [3.8, 4) is 11.8 Å². The third-order valence-corrected chi connectivity index (χ3v) is 6.47. The van der Waals surface area contributed by atoms with E-state index in [4.69, 9.17) is 14.2 Å². The molecule has 2 unspecified atom stereocenters. The first-order valence-electron chi connectivity index (χ1n) is 10.6. The van der Waals surface area contributed by atoms with Gasteiger partial charge < -0.3 is 19.3 Å². The maximum absolute atomic E-state index is 9.86. The molecule has 1 aliphatic carbocycles. The lowest BCUT2D eigenvalue weighted by Crippen LogP contribution is -2.36. The van der Waals surface area contributed by atoms with E-state index in [1.54, 1.807) is 0 Å². The number of aliphatic hydroxyl groups excluding tert-OH is 1. The molecule has 2 aliphatic heterocycles. The second kappa shape index (κ2) is 9.09. The predicted octanol–water partition coefficient (Wildman–Crippen LogP) is 4.27. The highest BCUT2D eigenvalue weighted by Crippen LogP contribution is 2.46. The molecule has 0 spiro atoms. The van der Waals surface area contributed by atoms with Gasteiger partial charge in [-0.25, -0.2) is 0 Å². The average Bonchev–Trinajstić information content (AvgIpc) is 3.12. The molecule has 152 valence electrons. The first-order chi connectivity index (χ1) is 12.9. The topological polar surface area (TPSA) is 47.9 Å². The van der Waals surface area contributed by atoms with Crippen LogP contribution < -0.4 is 0 Å². The molecule has 0 aromatic carbocycles. The van der Waals surface area contributed by atoms with Crippen molar-refractivity contribution in [3.05, 3.63) is 12.2 Å². The first-order valence-corrected chi connectivity index (χ1v) is 10.6. The summed E-state index contributed by atoms with van der Waals surface area (Å²) in [6, 6.07) is 0. The lowest BCUT2D eigenvalue weighted by Gasteiger charge is -2.35. The van der Waals surface area contributed by atoms with Crippen LogP contribution in [-0.2, 0) is 14.2 Å². The number of ether oxygens (including phenoxy) is 3. The average molecular weight is 377 g/mol. The van der Waals surface area contributed by atoms with E-state index in [0.29, 0.717) is 17.8 Å². The van der Waals surface area contributed by atoms with Gasteiger partial charge in [0.2, 0.25) is 0 Å². The zero-order valence-corrected chi connectivity index (χ0v) is 17.3. The zero-order valence-electron chi connectivity index (χ0n) is 17.3. The summed E-state index contributed by atoms with van der Waals surface area (Å²) in [6.45, 7) is 9.40. The van der Waals surface area contributed by atoms with Crippen molar-refractivity contribution in [2.45, 2.75) is 91.0 Å². The molecule has 2 heterocycles. The standard InChI is InChI=1S/C23H36O4/c1-5-6-12-23(3,4)20(27-22-9-7-8-13-25-22)11-10-17-16(2)14-19-18(17)15-21(24)26-19/h10-11,16-22,24H,7-9,12-15H2,1-4H3/b11-10+/t16-,17+,18-,19+,20-,21?,22?/m1/s1. The van der Waals surface area contributed by atoms with Crippen molar-refractivity contribution in [2.75, 3.05) is 6.61 Å². The maximum atomic E-state index is 9.86. The molecule has 3 rings (SSSR count). The molecule has 4 nitrogen and oxygen atoms in total. The molecule has 0 aromatic rings. The summed E-state index contributed by atoms with van der Waals surface area (Å²) in [7, 11) is 0. The number of fused-ring (bicyclic) bond motifs is 1. The van der Waals surface area contributed by atoms with Crippen LogP contribution >= 0.6 is 0 Å². The fraction of sp³-hybridized carbons (Fsp3) is 0.826. The smallest absolute Gasteiger partial charge is 0.158 e. The Bertz CT molecular complexity index is 567. The van der Waals surface area contributed by atoms with Crippen molar-refractivity contribution < 1.29 is 19.3 Å². The van der Waals surface area contributed by atoms with Gasteiger partial charge in [-0.15, -0.1) is 11.8 Å². The molecule has 0 radical (unpaired) electrons. The van der Waals surface area contributed by atoms with E-state index in [-0.39, 0.29) is 23.9 Å². The molecule has 4 heteroatoms. The van der Waals surface area contributed by atoms with Gasteiger partial charge >= 0.3 is 0 Å². The van der Waals surface area contributed by atoms with Gasteiger partial charge in [0.15, 0.2) is 12.6 Å². The molecule has 1 saturated carbocycles. The number of aliphatic hydroxyl groups is 1. The second-order valence-corrected chi connectivity index (χ2v) is 9.15. The molecular formula is C23H36O4. The number of hydrogen-bond donors (Lipinski definition) is 1. The Morgan fingerprint density at radius 1 is 1.30 bits per heavy atom. The first kappa shape index (κ1) is 20.9. The Balaban J connectivity index is 1.72. The maximum Gasteiger partial charge on any atom is 0.158 e. The minimum atomic E-state index is -0.595. The number of hydrogen-bond acceptors (Lipinski definition) is 4. The zero-order chi connectivity index (χ0) is 19.4. The van der Waals surface area contributed by atoms with E-state index in [0.717, 1.165) is 45.1 Å². The lowest BCUT2D eigenvalue weighted by atomic mass is 9.81. The van der Waals surface area contributed by atoms with Gasteiger partial charge in [0, 0.05) is 24.9 Å². The van der Waals surface area contributed by atoms with Gasteiger partial charge in [0.25, 0.3) is 0 Å². The molecule has 27 heavy (non-hydrogen) atoms. The summed E-state index contributed by atoms with van der Waals surface area (Å²) in [4.78, 5) is 0. The third-order valence-electron chi connectivity index (χ3n) is 6.47. The SMILES string of the molecule is CC#CCC(C)(C)[C@@H](/C=C/[C@@H]1[C@H]2CC(O)O[C@H]2C[C@H]1C)OC1CCCCO1. The number of rotatable bonds is 6. The monoisotopic (exact) mass is 376 g/mol. The highest BCUT2D eigenvalue weighted by atomic mass is 16.7. The van der Waals surface area contributed by atoms with Gasteiger partial charge in [0.05, 0.1) is 12.2 Å². The third kappa shape index (κ3) is 5.15. The largest absolute Gasteiger partial charge is 0.368 e. The van der Waals surface area contributed by atoms with E-state index in [1.165, 1.54) is 0 Å². The van der Waals surface area contributed by atoms with E-state index in [1.807, 2.05) is 6.92 Å². The van der Waals surface area contributed by atoms with Crippen LogP contribution in [0.4, 0.5) is 0 Å². The molecule has 0 bridgehead atoms. The normalized spacial score (nSPS) is 37.8. The molecule has 0 aromatic heterocycles. The quantitative estimate of drug-likeness (QED) is 0.555. The van der Waals surface area contributed by atoms with Crippen LogP contribution in [0, 0.1) is 35.0 Å². The molecule has 1 N–H and O–H groups in total. The molecule has 7 atom stereocenters. The van der Waals surface area contributed by atoms with Crippen LogP contribution in [0.3, 0.4) is 0 Å². The highest BCUT2D eigenvalue weighted by Gasteiger charge is 2.46. The van der Waals surface area contributed by atoms with Crippen molar-refractivity contribution in [3.63, 3.8) is 0 Å². The Morgan fingerprint density at radius 2 is 2.11 bits per heavy atom. The molecule has 3 aliphatic rings. The predicted molar refractivity (Wildman–Crippen MR) is 106 cm³/mol. The fourth-order valence-electron chi connectivity index (χ4n) is 4.77. The summed E-state index contributed by atoms with van der Waals surface area (Å²) in [5.74, 6) is 7.65. The summed E-state index contributed by atoms with van der Waals surface area (Å²) in [6.07, 6.45) is 9.81. The molecule has 0 amide bonds. The summed E-state index contributed by atoms with van der Waals surface area (Å²) >= 11 is 0. The van der Waals surface area contributed by atoms with Gasteiger partial charge in [-0.1, -0.05) is 32.9 Å². The lowest BCUT2D eigenvalue weighted by molar-refractivity contribution is -0.196. The van der Waals surface area contributed by atoms with Crippen LogP contribution in [0.5, 0.6) is 0 Å².